The Kier molecular flexibility index (Phi) is 12.7. The van der Waals surface area contributed by atoms with Crippen LogP contribution in [-0.4, -0.2) is 77.3 Å². The molecule has 0 aromatic rings. The lowest BCUT2D eigenvalue weighted by atomic mass is 10.4. The summed E-state index contributed by atoms with van der Waals surface area (Å²) in [5.41, 5.74) is 0. The molecule has 4 heteroatoms. The minimum atomic E-state index is 0.979. The molecule has 0 saturated carbocycles. The first-order valence-corrected chi connectivity index (χ1v) is 6.99. The molecule has 108 valence electrons. The second kappa shape index (κ2) is 13.0. The molecule has 0 aromatic heterocycles. The molecule has 0 aliphatic rings. The van der Waals surface area contributed by atoms with Crippen LogP contribution < -0.4 is 10.6 Å². The zero-order valence-electron chi connectivity index (χ0n) is 12.7. The Morgan fingerprint density at radius 1 is 0.722 bits per heavy atom. The number of hydrogen-bond donors (Lipinski definition) is 2. The van der Waals surface area contributed by atoms with Gasteiger partial charge in [0.15, 0.2) is 0 Å². The summed E-state index contributed by atoms with van der Waals surface area (Å²) in [5.74, 6) is 0. The van der Waals surface area contributed by atoms with Gasteiger partial charge in [0.05, 0.1) is 0 Å². The van der Waals surface area contributed by atoms with Crippen molar-refractivity contribution in [1.29, 1.82) is 0 Å². The summed E-state index contributed by atoms with van der Waals surface area (Å²) in [5, 5.41) is 6.82. The van der Waals surface area contributed by atoms with Gasteiger partial charge in [0.2, 0.25) is 0 Å². The van der Waals surface area contributed by atoms with Crippen molar-refractivity contribution in [3.63, 3.8) is 0 Å². The Morgan fingerprint density at radius 3 is 1.44 bits per heavy atom. The highest BCUT2D eigenvalue weighted by Gasteiger charge is 1.90. The van der Waals surface area contributed by atoms with E-state index in [1.807, 2.05) is 0 Å². The Balaban J connectivity index is 3.09. The maximum Gasteiger partial charge on any atom is 0.0135 e. The number of nitrogens with zero attached hydrogens (tertiary/aromatic N) is 2. The quantitative estimate of drug-likeness (QED) is 0.396. The van der Waals surface area contributed by atoms with Crippen molar-refractivity contribution < 1.29 is 0 Å². The van der Waals surface area contributed by atoms with Gasteiger partial charge in [-0.15, -0.1) is 0 Å². The molecule has 18 heavy (non-hydrogen) atoms. The third-order valence-electron chi connectivity index (χ3n) is 2.61. The molecule has 0 spiro atoms. The summed E-state index contributed by atoms with van der Waals surface area (Å²) >= 11 is 0. The van der Waals surface area contributed by atoms with E-state index in [1.54, 1.807) is 0 Å². The molecule has 2 N–H and O–H groups in total. The number of hydrogen-bond acceptors (Lipinski definition) is 4. The predicted molar refractivity (Wildman–Crippen MR) is 81.2 cm³/mol. The van der Waals surface area contributed by atoms with Crippen LogP contribution in [0, 0.1) is 0 Å². The van der Waals surface area contributed by atoms with Crippen molar-refractivity contribution in [3.8, 4) is 0 Å². The lowest BCUT2D eigenvalue weighted by molar-refractivity contribution is 0.396. The summed E-state index contributed by atoms with van der Waals surface area (Å²) in [6.07, 6.45) is 6.83. The van der Waals surface area contributed by atoms with E-state index in [4.69, 9.17) is 0 Å². The van der Waals surface area contributed by atoms with Gasteiger partial charge in [0.25, 0.3) is 0 Å². The second-order valence-electron chi connectivity index (χ2n) is 5.19. The highest BCUT2D eigenvalue weighted by Crippen LogP contribution is 1.82. The summed E-state index contributed by atoms with van der Waals surface area (Å²) in [6.45, 7) is 6.46. The third kappa shape index (κ3) is 15.6. The normalized spacial score (nSPS) is 12.1. The Hall–Kier alpha value is -0.420. The molecule has 0 amide bonds. The fourth-order valence-electron chi connectivity index (χ4n) is 1.58. The number of rotatable bonds is 12. The van der Waals surface area contributed by atoms with E-state index < -0.39 is 0 Å². The predicted octanol–water partition coefficient (Wildman–Crippen LogP) is 0.625. The van der Waals surface area contributed by atoms with Crippen LogP contribution in [0.5, 0.6) is 0 Å². The van der Waals surface area contributed by atoms with E-state index in [1.165, 1.54) is 12.8 Å². The van der Waals surface area contributed by atoms with Gasteiger partial charge < -0.3 is 20.4 Å². The van der Waals surface area contributed by atoms with Crippen LogP contribution >= 0.6 is 0 Å². The van der Waals surface area contributed by atoms with Gasteiger partial charge in [0.1, 0.15) is 0 Å². The first kappa shape index (κ1) is 17.6. The van der Waals surface area contributed by atoms with Gasteiger partial charge in [-0.25, -0.2) is 0 Å². The first-order chi connectivity index (χ1) is 8.63. The van der Waals surface area contributed by atoms with Crippen LogP contribution in [-0.2, 0) is 0 Å². The van der Waals surface area contributed by atoms with E-state index in [0.29, 0.717) is 0 Å². The molecule has 0 aliphatic carbocycles. The van der Waals surface area contributed by atoms with Crippen molar-refractivity contribution in [2.75, 3.05) is 67.5 Å². The van der Waals surface area contributed by atoms with Crippen molar-refractivity contribution in [2.24, 2.45) is 0 Å². The van der Waals surface area contributed by atoms with Crippen molar-refractivity contribution in [2.45, 2.75) is 12.8 Å². The van der Waals surface area contributed by atoms with Gasteiger partial charge in [-0.1, -0.05) is 12.2 Å². The molecule has 0 rings (SSSR count). The molecule has 0 unspecified atom stereocenters. The van der Waals surface area contributed by atoms with E-state index in [0.717, 1.165) is 39.3 Å². The van der Waals surface area contributed by atoms with E-state index in [-0.39, 0.29) is 0 Å². The van der Waals surface area contributed by atoms with Crippen LogP contribution in [0.3, 0.4) is 0 Å². The van der Waals surface area contributed by atoms with Gasteiger partial charge >= 0.3 is 0 Å². The molecule has 0 radical (unpaired) electrons. The van der Waals surface area contributed by atoms with Crippen molar-refractivity contribution in [1.82, 2.24) is 20.4 Å². The molecule has 0 atom stereocenters. The molecule has 0 heterocycles. The molecule has 0 aliphatic heterocycles. The maximum atomic E-state index is 3.41. The van der Waals surface area contributed by atoms with Gasteiger partial charge in [-0.3, -0.25) is 0 Å². The summed E-state index contributed by atoms with van der Waals surface area (Å²) in [7, 11) is 8.45. The Labute approximate surface area is 113 Å². The van der Waals surface area contributed by atoms with Crippen molar-refractivity contribution >= 4 is 0 Å². The molecular formula is C14H32N4. The van der Waals surface area contributed by atoms with E-state index in [9.17, 15) is 0 Å². The van der Waals surface area contributed by atoms with Gasteiger partial charge in [-0.2, -0.15) is 0 Å². The highest BCUT2D eigenvalue weighted by atomic mass is 15.1. The van der Waals surface area contributed by atoms with E-state index in [2.05, 4.69) is 60.8 Å². The summed E-state index contributed by atoms with van der Waals surface area (Å²) in [6, 6.07) is 0. The SMILES string of the molecule is CN(C)CCCNC/C=C\CNCCCN(C)C. The summed E-state index contributed by atoms with van der Waals surface area (Å²) in [4.78, 5) is 4.43. The monoisotopic (exact) mass is 256 g/mol. The van der Waals surface area contributed by atoms with Crippen LogP contribution in [0.2, 0.25) is 0 Å². The zero-order valence-corrected chi connectivity index (χ0v) is 12.7. The second-order valence-corrected chi connectivity index (χ2v) is 5.19. The average molecular weight is 256 g/mol. The molecule has 0 saturated heterocycles. The lowest BCUT2D eigenvalue weighted by Crippen LogP contribution is -2.22. The van der Waals surface area contributed by atoms with Crippen LogP contribution in [0.15, 0.2) is 12.2 Å². The van der Waals surface area contributed by atoms with Crippen LogP contribution in [0.1, 0.15) is 12.8 Å². The fraction of sp³-hybridized carbons (Fsp3) is 0.857. The minimum Gasteiger partial charge on any atom is -0.313 e. The standard InChI is InChI=1S/C14H32N4/c1-17(2)13-7-11-15-9-5-6-10-16-12-8-14-18(3)4/h5-6,15-16H,7-14H2,1-4H3/b6-5-. The average Bonchev–Trinajstić information content (AvgIpc) is 2.29. The third-order valence-corrected chi connectivity index (χ3v) is 2.61. The maximum absolute atomic E-state index is 3.41. The smallest absolute Gasteiger partial charge is 0.0135 e. The fourth-order valence-corrected chi connectivity index (χ4v) is 1.58. The molecule has 4 nitrogen and oxygen atoms in total. The van der Waals surface area contributed by atoms with Gasteiger partial charge in [0, 0.05) is 13.1 Å². The molecule has 0 aromatic carbocycles. The topological polar surface area (TPSA) is 30.5 Å². The molecular weight excluding hydrogens is 224 g/mol. The van der Waals surface area contributed by atoms with Crippen LogP contribution in [0.4, 0.5) is 0 Å². The Bertz CT molecular complexity index is 170. The zero-order chi connectivity index (χ0) is 13.6. The Morgan fingerprint density at radius 2 is 1.11 bits per heavy atom. The lowest BCUT2D eigenvalue weighted by Gasteiger charge is -2.09. The number of nitrogens with one attached hydrogen (secondary N) is 2. The molecule has 0 bridgehead atoms. The van der Waals surface area contributed by atoms with Crippen LogP contribution in [0.25, 0.3) is 0 Å². The highest BCUT2D eigenvalue weighted by molar-refractivity contribution is 4.85. The first-order valence-electron chi connectivity index (χ1n) is 6.99. The summed E-state index contributed by atoms with van der Waals surface area (Å²) < 4.78 is 0. The minimum absolute atomic E-state index is 0.979. The van der Waals surface area contributed by atoms with E-state index >= 15 is 0 Å². The van der Waals surface area contributed by atoms with Gasteiger partial charge in [-0.05, 0) is 67.2 Å². The van der Waals surface area contributed by atoms with Crippen molar-refractivity contribution in [3.05, 3.63) is 12.2 Å². The molecule has 0 fully saturated rings. The largest absolute Gasteiger partial charge is 0.313 e.